The van der Waals surface area contributed by atoms with E-state index in [1.165, 1.54) is 22.9 Å². The van der Waals surface area contributed by atoms with Crippen molar-refractivity contribution in [3.05, 3.63) is 94.8 Å². The van der Waals surface area contributed by atoms with Gasteiger partial charge in [-0.25, -0.2) is 4.98 Å². The van der Waals surface area contributed by atoms with Gasteiger partial charge in [0.05, 0.1) is 23.5 Å². The number of carbonyl (C=O) groups is 1. The number of fused-ring (bicyclic) bond motifs is 1. The predicted molar refractivity (Wildman–Crippen MR) is 140 cm³/mol. The minimum Gasteiger partial charge on any atom is -0.303 e. The van der Waals surface area contributed by atoms with Gasteiger partial charge in [0.2, 0.25) is 5.91 Å². The highest BCUT2D eigenvalue weighted by Crippen LogP contribution is 2.28. The van der Waals surface area contributed by atoms with E-state index in [0.29, 0.717) is 10.9 Å². The van der Waals surface area contributed by atoms with Crippen LogP contribution in [0.4, 0.5) is 0 Å². The number of pyridine rings is 1. The molecule has 6 nitrogen and oxygen atoms in total. The molecular weight excluding hydrogens is 442 g/mol. The lowest BCUT2D eigenvalue weighted by Crippen LogP contribution is -2.32. The normalized spacial score (nSPS) is 13.5. The molecule has 34 heavy (non-hydrogen) atoms. The van der Waals surface area contributed by atoms with Gasteiger partial charge in [-0.2, -0.15) is 5.10 Å². The summed E-state index contributed by atoms with van der Waals surface area (Å²) in [7, 11) is 0. The summed E-state index contributed by atoms with van der Waals surface area (Å²) in [6, 6.07) is 20.3. The van der Waals surface area contributed by atoms with Crippen molar-refractivity contribution >= 4 is 34.2 Å². The maximum atomic E-state index is 13.1. The predicted octanol–water partition coefficient (Wildman–Crippen LogP) is 5.09. The monoisotopic (exact) mass is 467 g/mol. The van der Waals surface area contributed by atoms with Crippen LogP contribution in [-0.4, -0.2) is 31.9 Å². The first-order valence-corrected chi connectivity index (χ1v) is 12.1. The summed E-state index contributed by atoms with van der Waals surface area (Å²) in [5, 5.41) is 12.0. The van der Waals surface area contributed by atoms with Crippen LogP contribution >= 0.6 is 11.8 Å². The van der Waals surface area contributed by atoms with Crippen molar-refractivity contribution in [3.63, 3.8) is 0 Å². The Morgan fingerprint density at radius 2 is 1.76 bits per heavy atom. The molecule has 1 aliphatic rings. The van der Waals surface area contributed by atoms with Gasteiger partial charge in [0, 0.05) is 17.5 Å². The minimum absolute atomic E-state index is 0.141. The van der Waals surface area contributed by atoms with Crippen molar-refractivity contribution < 1.29 is 4.79 Å². The van der Waals surface area contributed by atoms with Gasteiger partial charge >= 0.3 is 0 Å². The maximum Gasteiger partial charge on any atom is 0.232 e. The molecule has 0 saturated heterocycles. The lowest BCUT2D eigenvalue weighted by atomic mass is 10.0. The van der Waals surface area contributed by atoms with E-state index in [9.17, 15) is 4.79 Å². The van der Waals surface area contributed by atoms with E-state index in [2.05, 4.69) is 47.6 Å². The van der Waals surface area contributed by atoms with Gasteiger partial charge in [0.15, 0.2) is 5.17 Å². The molecule has 7 heteroatoms. The molecule has 5 rings (SSSR count). The van der Waals surface area contributed by atoms with Crippen LogP contribution in [0.3, 0.4) is 0 Å². The fourth-order valence-electron chi connectivity index (χ4n) is 3.99. The Labute approximate surface area is 202 Å². The molecule has 0 radical (unpaired) electrons. The quantitative estimate of drug-likeness (QED) is 0.454. The second kappa shape index (κ2) is 9.27. The van der Waals surface area contributed by atoms with Crippen LogP contribution in [0.2, 0.25) is 0 Å². The van der Waals surface area contributed by atoms with Crippen LogP contribution in [0.1, 0.15) is 27.9 Å². The fraction of sp³-hybridized carbons (Fsp3) is 0.185. The Balaban J connectivity index is 1.43. The molecular formula is C27H25N5OS. The summed E-state index contributed by atoms with van der Waals surface area (Å²) in [5.41, 5.74) is 8.99. The highest BCUT2D eigenvalue weighted by atomic mass is 32.2. The highest BCUT2D eigenvalue weighted by molar-refractivity contribution is 8.14. The lowest BCUT2D eigenvalue weighted by Gasteiger charge is -2.13. The first-order valence-electron chi connectivity index (χ1n) is 11.2. The Morgan fingerprint density at radius 3 is 2.50 bits per heavy atom. The van der Waals surface area contributed by atoms with Gasteiger partial charge in [-0.3, -0.25) is 4.79 Å². The Bertz CT molecular complexity index is 1450. The van der Waals surface area contributed by atoms with Gasteiger partial charge in [0.1, 0.15) is 5.65 Å². The molecule has 170 valence electrons. The third-order valence-electron chi connectivity index (χ3n) is 6.01. The number of nitrogens with one attached hydrogen (secondary N) is 1. The number of amidine groups is 1. The number of aryl methyl sites for hydroxylation is 3. The number of aromatic nitrogens is 2. The number of carbonyl (C=O) groups excluding carboxylic acids is 1. The molecule has 3 heterocycles. The third kappa shape index (κ3) is 4.39. The molecule has 0 fully saturated rings. The standard InChI is InChI=1S/C27H25N5OS/c1-17-11-12-21(14-19(17)3)25-23(32-13-7-8-18(2)26(32)29-25)15-24(33)28-27-31-30-22(16-34-27)20-9-5-4-6-10-20/h4-14H,15-16H2,1-3H3,(H,28,31,33). The first-order chi connectivity index (χ1) is 16.5. The Kier molecular flexibility index (Phi) is 6.02. The molecule has 0 saturated carbocycles. The maximum absolute atomic E-state index is 13.1. The molecule has 0 atom stereocenters. The van der Waals surface area contributed by atoms with E-state index in [4.69, 9.17) is 4.98 Å². The number of hydrogen-bond acceptors (Lipinski definition) is 5. The van der Waals surface area contributed by atoms with Crippen molar-refractivity contribution in [3.8, 4) is 11.3 Å². The average Bonchev–Trinajstić information content (AvgIpc) is 3.21. The second-order valence-corrected chi connectivity index (χ2v) is 9.39. The lowest BCUT2D eigenvalue weighted by molar-refractivity contribution is -0.119. The summed E-state index contributed by atoms with van der Waals surface area (Å²) < 4.78 is 2.01. The SMILES string of the molecule is Cc1ccc(-c2nc3c(C)cccn3c2CC(=O)NC2=NN=C(c3ccccc3)CS2)cc1C. The summed E-state index contributed by atoms with van der Waals surface area (Å²) in [4.78, 5) is 18.0. The summed E-state index contributed by atoms with van der Waals surface area (Å²) in [6.07, 6.45) is 2.15. The molecule has 1 N–H and O–H groups in total. The first kappa shape index (κ1) is 22.1. The summed E-state index contributed by atoms with van der Waals surface area (Å²) in [5.74, 6) is 0.518. The molecule has 0 unspecified atom stereocenters. The molecule has 0 spiro atoms. The largest absolute Gasteiger partial charge is 0.303 e. The Morgan fingerprint density at radius 1 is 0.941 bits per heavy atom. The van der Waals surface area contributed by atoms with Crippen molar-refractivity contribution in [1.29, 1.82) is 0 Å². The summed E-state index contributed by atoms with van der Waals surface area (Å²) >= 11 is 1.48. The van der Waals surface area contributed by atoms with Crippen LogP contribution < -0.4 is 5.32 Å². The van der Waals surface area contributed by atoms with Crippen LogP contribution in [0.25, 0.3) is 16.9 Å². The van der Waals surface area contributed by atoms with Crippen molar-refractivity contribution in [2.24, 2.45) is 10.2 Å². The molecule has 1 aliphatic heterocycles. The number of rotatable bonds is 4. The molecule has 2 aromatic carbocycles. The molecule has 1 amide bonds. The van der Waals surface area contributed by atoms with Gasteiger partial charge in [0.25, 0.3) is 0 Å². The van der Waals surface area contributed by atoms with Crippen LogP contribution in [0.5, 0.6) is 0 Å². The van der Waals surface area contributed by atoms with E-state index >= 15 is 0 Å². The van der Waals surface area contributed by atoms with Crippen molar-refractivity contribution in [1.82, 2.24) is 14.7 Å². The van der Waals surface area contributed by atoms with Gasteiger partial charge in [-0.05, 0) is 55.2 Å². The van der Waals surface area contributed by atoms with E-state index in [1.807, 2.05) is 60.0 Å². The minimum atomic E-state index is -0.141. The molecule has 0 bridgehead atoms. The molecule has 4 aromatic rings. The van der Waals surface area contributed by atoms with E-state index in [1.54, 1.807) is 0 Å². The van der Waals surface area contributed by atoms with Crippen molar-refractivity contribution in [2.75, 3.05) is 5.75 Å². The number of hydrogen-bond donors (Lipinski definition) is 1. The highest BCUT2D eigenvalue weighted by Gasteiger charge is 2.20. The zero-order valence-corrected chi connectivity index (χ0v) is 20.2. The van der Waals surface area contributed by atoms with E-state index in [0.717, 1.165) is 39.4 Å². The van der Waals surface area contributed by atoms with Crippen LogP contribution in [0.15, 0.2) is 77.1 Å². The number of nitrogens with zero attached hydrogens (tertiary/aromatic N) is 4. The number of imidazole rings is 1. The van der Waals surface area contributed by atoms with Gasteiger partial charge in [-0.1, -0.05) is 60.3 Å². The molecule has 0 aliphatic carbocycles. The van der Waals surface area contributed by atoms with E-state index in [-0.39, 0.29) is 12.3 Å². The topological polar surface area (TPSA) is 71.1 Å². The van der Waals surface area contributed by atoms with Crippen LogP contribution in [0, 0.1) is 20.8 Å². The third-order valence-corrected chi connectivity index (χ3v) is 6.89. The average molecular weight is 468 g/mol. The zero-order chi connectivity index (χ0) is 23.7. The van der Waals surface area contributed by atoms with Gasteiger partial charge < -0.3 is 9.72 Å². The number of amides is 1. The number of benzene rings is 2. The van der Waals surface area contributed by atoms with Crippen LogP contribution in [-0.2, 0) is 11.2 Å². The van der Waals surface area contributed by atoms with E-state index < -0.39 is 0 Å². The zero-order valence-electron chi connectivity index (χ0n) is 19.4. The second-order valence-electron chi connectivity index (χ2n) is 8.42. The van der Waals surface area contributed by atoms with Gasteiger partial charge in [-0.15, -0.1) is 5.10 Å². The fourth-order valence-corrected chi connectivity index (χ4v) is 4.77. The summed E-state index contributed by atoms with van der Waals surface area (Å²) in [6.45, 7) is 6.22. The van der Waals surface area contributed by atoms with Crippen molar-refractivity contribution in [2.45, 2.75) is 27.2 Å². The Hall–Kier alpha value is -3.71. The number of thioether (sulfide) groups is 1. The smallest absolute Gasteiger partial charge is 0.232 e. The molecule has 2 aromatic heterocycles.